The summed E-state index contributed by atoms with van der Waals surface area (Å²) in [7, 11) is 0. The summed E-state index contributed by atoms with van der Waals surface area (Å²) in [5, 5.41) is 8.05. The van der Waals surface area contributed by atoms with Crippen molar-refractivity contribution in [1.82, 2.24) is 19.2 Å². The first kappa shape index (κ1) is 24.1. The van der Waals surface area contributed by atoms with Crippen LogP contribution in [0.5, 0.6) is 11.5 Å². The van der Waals surface area contributed by atoms with Crippen molar-refractivity contribution >= 4 is 11.7 Å². The van der Waals surface area contributed by atoms with Crippen molar-refractivity contribution in [2.45, 2.75) is 26.4 Å². The summed E-state index contributed by atoms with van der Waals surface area (Å²) in [6.45, 7) is 5.45. The number of anilines is 1. The molecule has 0 unspecified atom stereocenters. The highest BCUT2D eigenvalue weighted by molar-refractivity contribution is 5.90. The Labute approximate surface area is 232 Å². The van der Waals surface area contributed by atoms with E-state index in [0.717, 1.165) is 34.0 Å². The molecule has 1 N–H and O–H groups in total. The third-order valence-corrected chi connectivity index (χ3v) is 7.53. The number of carbonyl (C=O) groups is 1. The predicted molar refractivity (Wildman–Crippen MR) is 153 cm³/mol. The Kier molecular flexibility index (Phi) is 5.81. The smallest absolute Gasteiger partial charge is 0.322 e. The first-order valence-corrected chi connectivity index (χ1v) is 13.4. The Morgan fingerprint density at radius 3 is 2.48 bits per heavy atom. The highest BCUT2D eigenvalue weighted by Gasteiger charge is 2.36. The van der Waals surface area contributed by atoms with Crippen molar-refractivity contribution in [3.05, 3.63) is 119 Å². The molecule has 2 aliphatic rings. The van der Waals surface area contributed by atoms with Crippen LogP contribution in [0.15, 0.2) is 91.1 Å². The molecule has 3 aromatic carbocycles. The quantitative estimate of drug-likeness (QED) is 0.301. The van der Waals surface area contributed by atoms with Gasteiger partial charge in [0.1, 0.15) is 19.0 Å². The second kappa shape index (κ2) is 9.64. The van der Waals surface area contributed by atoms with Gasteiger partial charge in [-0.25, -0.2) is 9.48 Å². The van der Waals surface area contributed by atoms with Gasteiger partial charge in [0.05, 0.1) is 29.7 Å². The maximum atomic E-state index is 14.2. The number of rotatable bonds is 3. The summed E-state index contributed by atoms with van der Waals surface area (Å²) in [5.41, 5.74) is 6.66. The number of aryl methyl sites for hydroxylation is 2. The molecular weight excluding hydrogens is 502 g/mol. The first-order valence-electron chi connectivity index (χ1n) is 13.4. The molecule has 0 bridgehead atoms. The summed E-state index contributed by atoms with van der Waals surface area (Å²) < 4.78 is 15.6. The Bertz CT molecular complexity index is 1700. The van der Waals surface area contributed by atoms with E-state index in [4.69, 9.17) is 14.6 Å². The van der Waals surface area contributed by atoms with Crippen molar-refractivity contribution < 1.29 is 14.3 Å². The van der Waals surface area contributed by atoms with Crippen LogP contribution >= 0.6 is 0 Å². The highest BCUT2D eigenvalue weighted by Crippen LogP contribution is 2.39. The number of benzene rings is 3. The minimum Gasteiger partial charge on any atom is -0.486 e. The van der Waals surface area contributed by atoms with Crippen molar-refractivity contribution in [3.8, 4) is 23.0 Å². The third-order valence-electron chi connectivity index (χ3n) is 7.53. The maximum Gasteiger partial charge on any atom is 0.322 e. The summed E-state index contributed by atoms with van der Waals surface area (Å²) in [6, 6.07) is 27.6. The Balaban J connectivity index is 1.36. The number of amides is 2. The van der Waals surface area contributed by atoms with Gasteiger partial charge < -0.3 is 24.3 Å². The topological polar surface area (TPSA) is 73.6 Å². The number of ether oxygens (including phenoxy) is 2. The molecule has 0 fully saturated rings. The van der Waals surface area contributed by atoms with Crippen LogP contribution in [-0.4, -0.2) is 38.5 Å². The molecule has 0 aliphatic carbocycles. The second-order valence-electron chi connectivity index (χ2n) is 10.2. The van der Waals surface area contributed by atoms with Gasteiger partial charge in [0.2, 0.25) is 0 Å². The monoisotopic (exact) mass is 531 g/mol. The van der Waals surface area contributed by atoms with Crippen molar-refractivity contribution in [1.29, 1.82) is 0 Å². The number of hydrogen-bond acceptors (Lipinski definition) is 4. The maximum absolute atomic E-state index is 14.2. The molecule has 2 aromatic heterocycles. The zero-order chi connectivity index (χ0) is 27.2. The highest BCUT2D eigenvalue weighted by atomic mass is 16.6. The lowest BCUT2D eigenvalue weighted by atomic mass is 10.0. The number of nitrogens with one attached hydrogen (secondary N) is 1. The average Bonchev–Trinajstić information content (AvgIpc) is 3.54. The van der Waals surface area contributed by atoms with Gasteiger partial charge in [-0.3, -0.25) is 0 Å². The first-order chi connectivity index (χ1) is 19.6. The lowest BCUT2D eigenvalue weighted by molar-refractivity contribution is 0.171. The zero-order valence-electron chi connectivity index (χ0n) is 22.4. The average molecular weight is 532 g/mol. The molecule has 4 heterocycles. The molecule has 5 aromatic rings. The molecule has 7 rings (SSSR count). The number of para-hydroxylation sites is 1. The van der Waals surface area contributed by atoms with Gasteiger partial charge in [-0.2, -0.15) is 5.10 Å². The number of carbonyl (C=O) groups excluding carboxylic acids is 1. The fourth-order valence-corrected chi connectivity index (χ4v) is 5.57. The van der Waals surface area contributed by atoms with E-state index in [1.54, 1.807) is 0 Å². The van der Waals surface area contributed by atoms with E-state index in [-0.39, 0.29) is 12.1 Å². The summed E-state index contributed by atoms with van der Waals surface area (Å²) in [4.78, 5) is 16.1. The molecule has 1 atom stereocenters. The Morgan fingerprint density at radius 2 is 1.68 bits per heavy atom. The van der Waals surface area contributed by atoms with Crippen molar-refractivity contribution in [3.63, 3.8) is 0 Å². The molecule has 8 nitrogen and oxygen atoms in total. The second-order valence-corrected chi connectivity index (χ2v) is 10.2. The SMILES string of the molecule is Cc1ccc([C@@H]2c3cccn3-c3c(c(C)nn3-c3ccccc3)CN2C(=O)Nc2ccc3c(c2)OCCO3)cc1. The van der Waals surface area contributed by atoms with Gasteiger partial charge in [-0.05, 0) is 55.8 Å². The number of fused-ring (bicyclic) bond motifs is 4. The van der Waals surface area contributed by atoms with Gasteiger partial charge in [-0.15, -0.1) is 0 Å². The fourth-order valence-electron chi connectivity index (χ4n) is 5.57. The fraction of sp³-hybridized carbons (Fsp3) is 0.188. The molecule has 0 saturated carbocycles. The summed E-state index contributed by atoms with van der Waals surface area (Å²) in [6.07, 6.45) is 2.05. The number of aromatic nitrogens is 3. The summed E-state index contributed by atoms with van der Waals surface area (Å²) in [5.74, 6) is 2.25. The van der Waals surface area contributed by atoms with Crippen LogP contribution in [-0.2, 0) is 6.54 Å². The Morgan fingerprint density at radius 1 is 0.900 bits per heavy atom. The minimum atomic E-state index is -0.330. The van der Waals surface area contributed by atoms with Gasteiger partial charge in [0, 0.05) is 23.5 Å². The number of hydrogen-bond donors (Lipinski definition) is 1. The van der Waals surface area contributed by atoms with E-state index in [1.807, 2.05) is 71.1 Å². The van der Waals surface area contributed by atoms with Crippen LogP contribution in [0.2, 0.25) is 0 Å². The largest absolute Gasteiger partial charge is 0.486 e. The van der Waals surface area contributed by atoms with Crippen molar-refractivity contribution in [2.24, 2.45) is 0 Å². The molecule has 2 amide bonds. The lowest BCUT2D eigenvalue weighted by Gasteiger charge is -2.31. The molecule has 2 aliphatic heterocycles. The van der Waals surface area contributed by atoms with E-state index >= 15 is 0 Å². The van der Waals surface area contributed by atoms with Gasteiger partial charge in [0.25, 0.3) is 0 Å². The standard InChI is InChI=1S/C32H29N5O3/c1-21-10-12-23(13-11-21)30-27-9-6-16-35(27)31-26(22(2)34-37(31)25-7-4-3-5-8-25)20-36(30)32(38)33-24-14-15-28-29(19-24)40-18-17-39-28/h3-16,19,30H,17-18,20H2,1-2H3,(H,33,38)/t30-/m1/s1. The van der Waals surface area contributed by atoms with Crippen LogP contribution in [0.4, 0.5) is 10.5 Å². The molecule has 8 heteroatoms. The van der Waals surface area contributed by atoms with Crippen LogP contribution in [0.25, 0.3) is 11.5 Å². The normalized spacial score (nSPS) is 15.7. The molecule has 0 radical (unpaired) electrons. The van der Waals surface area contributed by atoms with E-state index < -0.39 is 0 Å². The van der Waals surface area contributed by atoms with Crippen LogP contribution in [0, 0.1) is 13.8 Å². The zero-order valence-corrected chi connectivity index (χ0v) is 22.4. The number of urea groups is 1. The van der Waals surface area contributed by atoms with E-state index in [9.17, 15) is 4.79 Å². The molecule has 40 heavy (non-hydrogen) atoms. The molecule has 200 valence electrons. The van der Waals surface area contributed by atoms with E-state index in [1.165, 1.54) is 5.56 Å². The third kappa shape index (κ3) is 4.09. The molecule has 0 saturated heterocycles. The van der Waals surface area contributed by atoms with Gasteiger partial charge in [-0.1, -0.05) is 48.0 Å². The van der Waals surface area contributed by atoms with E-state index in [2.05, 4.69) is 53.3 Å². The van der Waals surface area contributed by atoms with Crippen LogP contribution in [0.1, 0.15) is 34.1 Å². The molecule has 0 spiro atoms. The minimum absolute atomic E-state index is 0.213. The van der Waals surface area contributed by atoms with E-state index in [0.29, 0.717) is 36.9 Å². The Hall–Kier alpha value is -4.98. The molecular formula is C32H29N5O3. The lowest BCUT2D eigenvalue weighted by Crippen LogP contribution is -2.38. The van der Waals surface area contributed by atoms with Gasteiger partial charge in [0.15, 0.2) is 11.5 Å². The number of nitrogens with zero attached hydrogens (tertiary/aromatic N) is 4. The predicted octanol–water partition coefficient (Wildman–Crippen LogP) is 6.19. The van der Waals surface area contributed by atoms with Crippen LogP contribution < -0.4 is 14.8 Å². The van der Waals surface area contributed by atoms with Crippen LogP contribution in [0.3, 0.4) is 0 Å². The van der Waals surface area contributed by atoms with Gasteiger partial charge >= 0.3 is 6.03 Å². The summed E-state index contributed by atoms with van der Waals surface area (Å²) >= 11 is 0. The van der Waals surface area contributed by atoms with Crippen molar-refractivity contribution in [2.75, 3.05) is 18.5 Å².